The van der Waals surface area contributed by atoms with Crippen molar-refractivity contribution < 1.29 is 14.6 Å². The monoisotopic (exact) mass is 275 g/mol. The number of aliphatic hydroxyl groups excluding tert-OH is 1. The highest BCUT2D eigenvalue weighted by Crippen LogP contribution is 2.34. The van der Waals surface area contributed by atoms with Crippen LogP contribution in [0.15, 0.2) is 18.2 Å². The van der Waals surface area contributed by atoms with Crippen LogP contribution in [0, 0.1) is 5.92 Å². The Morgan fingerprint density at radius 2 is 2.05 bits per heavy atom. The van der Waals surface area contributed by atoms with E-state index in [2.05, 4.69) is 0 Å². The fourth-order valence-corrected chi connectivity index (χ4v) is 3.38. The highest BCUT2D eigenvalue weighted by Gasteiger charge is 2.34. The average Bonchev–Trinajstić information content (AvgIpc) is 2.84. The van der Waals surface area contributed by atoms with Gasteiger partial charge in [-0.15, -0.1) is 0 Å². The molecule has 108 valence electrons. The quantitative estimate of drug-likeness (QED) is 0.920. The molecule has 4 heteroatoms. The van der Waals surface area contributed by atoms with Gasteiger partial charge in [0.05, 0.1) is 7.11 Å². The van der Waals surface area contributed by atoms with E-state index in [4.69, 9.17) is 4.74 Å². The second-order valence-corrected chi connectivity index (χ2v) is 5.81. The number of methoxy groups -OCH3 is 1. The number of carbonyl (C=O) groups is 1. The Morgan fingerprint density at radius 1 is 1.30 bits per heavy atom. The number of ether oxygens (including phenoxy) is 1. The van der Waals surface area contributed by atoms with Crippen LogP contribution in [0.1, 0.15) is 41.6 Å². The second kappa shape index (κ2) is 5.44. The zero-order valence-corrected chi connectivity index (χ0v) is 11.8. The van der Waals surface area contributed by atoms with Crippen LogP contribution in [-0.2, 0) is 6.54 Å². The molecule has 4 nitrogen and oxygen atoms in total. The standard InChI is InChI=1S/C16H21NO3/c1-20-14-6-7-15-12(8-14)9-17(16(15)19)13-4-2-11(10-18)3-5-13/h6-8,11,13,18H,2-5,9-10H2,1H3. The van der Waals surface area contributed by atoms with Gasteiger partial charge < -0.3 is 14.7 Å². The summed E-state index contributed by atoms with van der Waals surface area (Å²) in [6.45, 7) is 0.970. The fraction of sp³-hybridized carbons (Fsp3) is 0.562. The molecule has 0 radical (unpaired) electrons. The van der Waals surface area contributed by atoms with E-state index in [1.807, 2.05) is 23.1 Å². The lowest BCUT2D eigenvalue weighted by molar-refractivity contribution is 0.0609. The zero-order valence-electron chi connectivity index (χ0n) is 11.8. The minimum Gasteiger partial charge on any atom is -0.497 e. The summed E-state index contributed by atoms with van der Waals surface area (Å²) in [6.07, 6.45) is 4.04. The van der Waals surface area contributed by atoms with Gasteiger partial charge in [-0.1, -0.05) is 0 Å². The van der Waals surface area contributed by atoms with E-state index >= 15 is 0 Å². The number of aliphatic hydroxyl groups is 1. The Morgan fingerprint density at radius 3 is 2.70 bits per heavy atom. The van der Waals surface area contributed by atoms with Gasteiger partial charge in [-0.3, -0.25) is 4.79 Å². The molecule has 1 heterocycles. The largest absolute Gasteiger partial charge is 0.497 e. The van der Waals surface area contributed by atoms with Gasteiger partial charge in [0.1, 0.15) is 5.75 Å². The number of rotatable bonds is 3. The molecule has 3 rings (SSSR count). The summed E-state index contributed by atoms with van der Waals surface area (Å²) in [6, 6.07) is 6.01. The number of hydrogen-bond donors (Lipinski definition) is 1. The van der Waals surface area contributed by atoms with Crippen molar-refractivity contribution in [2.45, 2.75) is 38.3 Å². The van der Waals surface area contributed by atoms with Crippen LogP contribution in [0.2, 0.25) is 0 Å². The van der Waals surface area contributed by atoms with Gasteiger partial charge in [-0.2, -0.15) is 0 Å². The molecule has 1 aliphatic carbocycles. The Hall–Kier alpha value is -1.55. The van der Waals surface area contributed by atoms with Gasteiger partial charge in [0, 0.05) is 24.8 Å². The van der Waals surface area contributed by atoms with Gasteiger partial charge in [0.25, 0.3) is 5.91 Å². The van der Waals surface area contributed by atoms with Crippen LogP contribution in [0.25, 0.3) is 0 Å². The second-order valence-electron chi connectivity index (χ2n) is 5.81. The molecule has 0 bridgehead atoms. The van der Waals surface area contributed by atoms with Gasteiger partial charge in [0.15, 0.2) is 0 Å². The summed E-state index contributed by atoms with van der Waals surface area (Å²) >= 11 is 0. The minimum absolute atomic E-state index is 0.148. The lowest BCUT2D eigenvalue weighted by Gasteiger charge is -2.34. The first-order chi connectivity index (χ1) is 9.72. The number of fused-ring (bicyclic) bond motifs is 1. The predicted octanol–water partition coefficient (Wildman–Crippen LogP) is 2.20. The van der Waals surface area contributed by atoms with Crippen LogP contribution in [0.3, 0.4) is 0 Å². The predicted molar refractivity (Wildman–Crippen MR) is 75.7 cm³/mol. The number of benzene rings is 1. The van der Waals surface area contributed by atoms with Crippen molar-refractivity contribution in [1.29, 1.82) is 0 Å². The summed E-state index contributed by atoms with van der Waals surface area (Å²) in [5.41, 5.74) is 1.88. The maximum Gasteiger partial charge on any atom is 0.254 e. The van der Waals surface area contributed by atoms with E-state index in [1.165, 1.54) is 0 Å². The molecule has 0 spiro atoms. The average molecular weight is 275 g/mol. The van der Waals surface area contributed by atoms with E-state index in [0.29, 0.717) is 18.5 Å². The van der Waals surface area contributed by atoms with Crippen molar-refractivity contribution in [1.82, 2.24) is 4.90 Å². The minimum atomic E-state index is 0.148. The Kier molecular flexibility index (Phi) is 3.66. The van der Waals surface area contributed by atoms with Crippen molar-refractivity contribution in [2.75, 3.05) is 13.7 Å². The molecule has 20 heavy (non-hydrogen) atoms. The zero-order chi connectivity index (χ0) is 14.1. The lowest BCUT2D eigenvalue weighted by Crippen LogP contribution is -2.38. The van der Waals surface area contributed by atoms with Crippen molar-refractivity contribution in [3.8, 4) is 5.75 Å². The SMILES string of the molecule is COc1ccc2c(c1)CN(C1CCC(CO)CC1)C2=O. The lowest BCUT2D eigenvalue weighted by atomic mass is 9.86. The van der Waals surface area contributed by atoms with Crippen LogP contribution < -0.4 is 4.74 Å². The fourth-order valence-electron chi connectivity index (χ4n) is 3.38. The van der Waals surface area contributed by atoms with Gasteiger partial charge in [0.2, 0.25) is 0 Å². The van der Waals surface area contributed by atoms with E-state index in [-0.39, 0.29) is 12.5 Å². The number of hydrogen-bond acceptors (Lipinski definition) is 3. The van der Waals surface area contributed by atoms with Gasteiger partial charge in [-0.25, -0.2) is 0 Å². The Bertz CT molecular complexity index is 506. The third kappa shape index (κ3) is 2.29. The van der Waals surface area contributed by atoms with Gasteiger partial charge in [-0.05, 0) is 55.4 Å². The molecule has 0 unspecified atom stereocenters. The topological polar surface area (TPSA) is 49.8 Å². The number of amides is 1. The van der Waals surface area contributed by atoms with Crippen molar-refractivity contribution in [3.05, 3.63) is 29.3 Å². The normalized spacial score (nSPS) is 25.7. The summed E-state index contributed by atoms with van der Waals surface area (Å²) in [5, 5.41) is 9.20. The van der Waals surface area contributed by atoms with Gasteiger partial charge >= 0.3 is 0 Å². The molecule has 1 aromatic rings. The van der Waals surface area contributed by atoms with E-state index < -0.39 is 0 Å². The van der Waals surface area contributed by atoms with Crippen molar-refractivity contribution in [2.24, 2.45) is 5.92 Å². The molecular weight excluding hydrogens is 254 g/mol. The first kappa shape index (κ1) is 13.4. The Balaban J connectivity index is 1.73. The molecule has 1 fully saturated rings. The summed E-state index contributed by atoms with van der Waals surface area (Å²) in [5.74, 6) is 1.38. The molecule has 1 amide bonds. The maximum atomic E-state index is 12.5. The molecular formula is C16H21NO3. The highest BCUT2D eigenvalue weighted by atomic mass is 16.5. The third-order valence-corrected chi connectivity index (χ3v) is 4.66. The maximum absolute atomic E-state index is 12.5. The molecule has 2 aliphatic rings. The summed E-state index contributed by atoms with van der Waals surface area (Å²) in [4.78, 5) is 14.5. The highest BCUT2D eigenvalue weighted by molar-refractivity contribution is 5.98. The summed E-state index contributed by atoms with van der Waals surface area (Å²) < 4.78 is 5.23. The van der Waals surface area contributed by atoms with E-state index in [9.17, 15) is 9.90 Å². The van der Waals surface area contributed by atoms with Crippen LogP contribution in [0.4, 0.5) is 0 Å². The smallest absolute Gasteiger partial charge is 0.254 e. The first-order valence-corrected chi connectivity index (χ1v) is 7.31. The van der Waals surface area contributed by atoms with Crippen molar-refractivity contribution >= 4 is 5.91 Å². The number of carbonyl (C=O) groups excluding carboxylic acids is 1. The molecule has 1 aliphatic heterocycles. The van der Waals surface area contributed by atoms with Crippen LogP contribution in [-0.4, -0.2) is 35.7 Å². The molecule has 0 saturated heterocycles. The van der Waals surface area contributed by atoms with E-state index in [1.54, 1.807) is 7.11 Å². The van der Waals surface area contributed by atoms with Crippen molar-refractivity contribution in [3.63, 3.8) is 0 Å². The molecule has 0 atom stereocenters. The van der Waals surface area contributed by atoms with E-state index in [0.717, 1.165) is 42.6 Å². The first-order valence-electron chi connectivity index (χ1n) is 7.31. The molecule has 1 aromatic carbocycles. The molecule has 0 aromatic heterocycles. The third-order valence-electron chi connectivity index (χ3n) is 4.66. The Labute approximate surface area is 119 Å². The van der Waals surface area contributed by atoms with Crippen LogP contribution >= 0.6 is 0 Å². The molecule has 1 saturated carbocycles. The number of nitrogens with zero attached hydrogens (tertiary/aromatic N) is 1. The van der Waals surface area contributed by atoms with Crippen LogP contribution in [0.5, 0.6) is 5.75 Å². The summed E-state index contributed by atoms with van der Waals surface area (Å²) in [7, 11) is 1.65. The molecule has 1 N–H and O–H groups in total.